The van der Waals surface area contributed by atoms with Gasteiger partial charge in [-0.2, -0.15) is 0 Å². The van der Waals surface area contributed by atoms with Crippen molar-refractivity contribution in [1.82, 2.24) is 0 Å². The molecule has 0 radical (unpaired) electrons. The van der Waals surface area contributed by atoms with Crippen molar-refractivity contribution < 1.29 is 9.63 Å². The highest BCUT2D eigenvalue weighted by Crippen LogP contribution is 2.23. The molecule has 0 aliphatic heterocycles. The second-order valence-corrected chi connectivity index (χ2v) is 6.65. The molecule has 0 saturated carbocycles. The Hall–Kier alpha value is -3.92. The van der Waals surface area contributed by atoms with Gasteiger partial charge in [0.05, 0.1) is 11.4 Å². The smallest absolute Gasteiger partial charge is 0.298 e. The first-order chi connectivity index (χ1) is 14.2. The highest BCUT2D eigenvalue weighted by atomic mass is 16.7. The van der Waals surface area contributed by atoms with Gasteiger partial charge < -0.3 is 0 Å². The number of oxime groups is 1. The van der Waals surface area contributed by atoms with Crippen molar-refractivity contribution >= 4 is 28.3 Å². The van der Waals surface area contributed by atoms with Gasteiger partial charge in [0.2, 0.25) is 0 Å². The van der Waals surface area contributed by atoms with Gasteiger partial charge in [-0.15, -0.1) is 0 Å². The summed E-state index contributed by atoms with van der Waals surface area (Å²) >= 11 is 0. The average molecular weight is 380 g/mol. The van der Waals surface area contributed by atoms with Crippen molar-refractivity contribution in [2.75, 3.05) is 5.32 Å². The van der Waals surface area contributed by atoms with Crippen molar-refractivity contribution in [3.8, 4) is 11.1 Å². The molecule has 4 rings (SSSR count). The highest BCUT2D eigenvalue weighted by molar-refractivity contribution is 6.01. The summed E-state index contributed by atoms with van der Waals surface area (Å²) in [4.78, 5) is 17.3. The Kier molecular flexibility index (Phi) is 5.34. The highest BCUT2D eigenvalue weighted by Gasteiger charge is 2.08. The number of nitrogens with zero attached hydrogens (tertiary/aromatic N) is 1. The fourth-order valence-corrected chi connectivity index (χ4v) is 3.18. The van der Waals surface area contributed by atoms with Gasteiger partial charge in [0, 0.05) is 5.39 Å². The van der Waals surface area contributed by atoms with Crippen LogP contribution in [0.4, 0.5) is 10.5 Å². The predicted molar refractivity (Wildman–Crippen MR) is 118 cm³/mol. The molecule has 142 valence electrons. The first-order valence-electron chi connectivity index (χ1n) is 9.37. The molecule has 29 heavy (non-hydrogen) atoms. The number of benzene rings is 4. The topological polar surface area (TPSA) is 50.7 Å². The third-order valence-corrected chi connectivity index (χ3v) is 4.68. The minimum atomic E-state index is -0.625. The largest absolute Gasteiger partial charge is 0.437 e. The maximum absolute atomic E-state index is 12.2. The van der Waals surface area contributed by atoms with E-state index in [0.717, 1.165) is 27.5 Å². The molecule has 0 atom stereocenters. The van der Waals surface area contributed by atoms with E-state index in [1.165, 1.54) is 0 Å². The minimum absolute atomic E-state index is 0.621. The summed E-state index contributed by atoms with van der Waals surface area (Å²) in [6.07, 6.45) is -0.625. The van der Waals surface area contributed by atoms with Gasteiger partial charge in [0.25, 0.3) is 0 Å². The fraction of sp³-hybridized carbons (Fsp3) is 0.0400. The summed E-state index contributed by atoms with van der Waals surface area (Å²) in [5.74, 6) is 0. The van der Waals surface area contributed by atoms with E-state index in [-0.39, 0.29) is 0 Å². The second kappa shape index (κ2) is 8.40. The Bertz CT molecular complexity index is 1180. The molecule has 0 bridgehead atoms. The summed E-state index contributed by atoms with van der Waals surface area (Å²) in [5.41, 5.74) is 4.40. The lowest BCUT2D eigenvalue weighted by molar-refractivity contribution is 0.166. The Morgan fingerprint density at radius 3 is 2.34 bits per heavy atom. The third kappa shape index (κ3) is 4.33. The summed E-state index contributed by atoms with van der Waals surface area (Å²) in [7, 11) is 0. The maximum Gasteiger partial charge on any atom is 0.437 e. The second-order valence-electron chi connectivity index (χ2n) is 6.65. The molecule has 4 aromatic carbocycles. The van der Waals surface area contributed by atoms with E-state index in [1.807, 2.05) is 91.9 Å². The first kappa shape index (κ1) is 18.4. The zero-order valence-corrected chi connectivity index (χ0v) is 16.0. The van der Waals surface area contributed by atoms with Crippen LogP contribution in [-0.4, -0.2) is 11.8 Å². The van der Waals surface area contributed by atoms with Crippen molar-refractivity contribution in [2.24, 2.45) is 5.16 Å². The number of carbonyl (C=O) groups excluding carboxylic acids is 1. The first-order valence-corrected chi connectivity index (χ1v) is 9.37. The molecule has 4 heteroatoms. The lowest BCUT2D eigenvalue weighted by Crippen LogP contribution is -2.12. The number of anilines is 1. The predicted octanol–water partition coefficient (Wildman–Crippen LogP) is 6.48. The van der Waals surface area contributed by atoms with Gasteiger partial charge in [0.1, 0.15) is 0 Å². The molecule has 0 unspecified atom stereocenters. The Labute approximate surface area is 169 Å². The van der Waals surface area contributed by atoms with Gasteiger partial charge >= 0.3 is 6.09 Å². The number of rotatable bonds is 4. The quantitative estimate of drug-likeness (QED) is 0.250. The number of fused-ring (bicyclic) bond motifs is 1. The van der Waals surface area contributed by atoms with Crippen LogP contribution in [0, 0.1) is 0 Å². The zero-order valence-electron chi connectivity index (χ0n) is 16.0. The minimum Gasteiger partial charge on any atom is -0.298 e. The molecule has 0 saturated heterocycles. The molecule has 0 spiro atoms. The summed E-state index contributed by atoms with van der Waals surface area (Å²) < 4.78 is 0. The monoisotopic (exact) mass is 380 g/mol. The third-order valence-electron chi connectivity index (χ3n) is 4.68. The van der Waals surface area contributed by atoms with Gasteiger partial charge in [-0.3, -0.25) is 10.2 Å². The lowest BCUT2D eigenvalue weighted by atomic mass is 10.0. The van der Waals surface area contributed by atoms with E-state index in [1.54, 1.807) is 0 Å². The molecule has 0 aliphatic rings. The molecule has 0 aromatic heterocycles. The van der Waals surface area contributed by atoms with Crippen molar-refractivity contribution in [3.63, 3.8) is 0 Å². The van der Waals surface area contributed by atoms with Gasteiger partial charge in [0.15, 0.2) is 0 Å². The van der Waals surface area contributed by atoms with Gasteiger partial charge in [-0.1, -0.05) is 90.1 Å². The van der Waals surface area contributed by atoms with E-state index in [0.29, 0.717) is 11.4 Å². The Morgan fingerprint density at radius 2 is 1.48 bits per heavy atom. The Morgan fingerprint density at radius 1 is 0.793 bits per heavy atom. The van der Waals surface area contributed by atoms with Crippen LogP contribution >= 0.6 is 0 Å². The molecule has 1 amide bonds. The molecule has 4 aromatic rings. The van der Waals surface area contributed by atoms with E-state index >= 15 is 0 Å². The van der Waals surface area contributed by atoms with E-state index in [2.05, 4.69) is 22.6 Å². The van der Waals surface area contributed by atoms with Crippen LogP contribution < -0.4 is 5.32 Å². The summed E-state index contributed by atoms with van der Waals surface area (Å²) in [6.45, 7) is 1.81. The van der Waals surface area contributed by atoms with Crippen LogP contribution in [0.2, 0.25) is 0 Å². The number of amides is 1. The van der Waals surface area contributed by atoms with Crippen molar-refractivity contribution in [1.29, 1.82) is 0 Å². The van der Waals surface area contributed by atoms with E-state index < -0.39 is 6.09 Å². The van der Waals surface area contributed by atoms with Crippen molar-refractivity contribution in [3.05, 3.63) is 103 Å². The molecule has 4 nitrogen and oxygen atoms in total. The van der Waals surface area contributed by atoms with Crippen LogP contribution in [0.25, 0.3) is 21.9 Å². The van der Waals surface area contributed by atoms with Gasteiger partial charge in [-0.05, 0) is 41.1 Å². The van der Waals surface area contributed by atoms with Crippen LogP contribution in [0.1, 0.15) is 12.5 Å². The molecular weight excluding hydrogens is 360 g/mol. The number of hydrogen-bond donors (Lipinski definition) is 1. The molecule has 0 fully saturated rings. The van der Waals surface area contributed by atoms with Gasteiger partial charge in [-0.25, -0.2) is 4.79 Å². The van der Waals surface area contributed by atoms with Crippen LogP contribution in [-0.2, 0) is 4.84 Å². The molecule has 0 aliphatic carbocycles. The number of nitrogens with one attached hydrogen (secondary N) is 1. The Balaban J connectivity index is 1.48. The molecular formula is C25H20N2O2. The maximum atomic E-state index is 12.2. The van der Waals surface area contributed by atoms with Crippen LogP contribution in [0.15, 0.2) is 102 Å². The summed E-state index contributed by atoms with van der Waals surface area (Å²) in [5, 5.41) is 8.76. The van der Waals surface area contributed by atoms with Crippen molar-refractivity contribution in [2.45, 2.75) is 6.92 Å². The number of hydrogen-bond acceptors (Lipinski definition) is 3. The SMILES string of the molecule is C/C(=N\OC(=O)Nc1cccc2ccccc12)c1cccc(-c2ccccc2)c1. The van der Waals surface area contributed by atoms with E-state index in [4.69, 9.17) is 4.84 Å². The standard InChI is InChI=1S/C25H20N2O2/c1-18(21-13-7-14-22(17-21)19-9-3-2-4-10-19)27-29-25(28)26-24-16-8-12-20-11-5-6-15-23(20)24/h2-17H,1H3,(H,26,28)/b27-18+. The van der Waals surface area contributed by atoms with Crippen LogP contribution in [0.5, 0.6) is 0 Å². The fourth-order valence-electron chi connectivity index (χ4n) is 3.18. The lowest BCUT2D eigenvalue weighted by Gasteiger charge is -2.08. The summed E-state index contributed by atoms with van der Waals surface area (Å²) in [6, 6.07) is 31.6. The normalized spacial score (nSPS) is 11.3. The molecule has 1 N–H and O–H groups in total. The average Bonchev–Trinajstić information content (AvgIpc) is 2.78. The van der Waals surface area contributed by atoms with Crippen LogP contribution in [0.3, 0.4) is 0 Å². The van der Waals surface area contributed by atoms with E-state index in [9.17, 15) is 4.79 Å². The molecule has 0 heterocycles. The zero-order chi connectivity index (χ0) is 20.1. The number of carbonyl (C=O) groups is 1.